The van der Waals surface area contributed by atoms with Crippen molar-refractivity contribution >= 4 is 5.91 Å². The predicted molar refractivity (Wildman–Crippen MR) is 46.7 cm³/mol. The quantitative estimate of drug-likeness (QED) is 0.616. The lowest BCUT2D eigenvalue weighted by Crippen LogP contribution is -2.27. The molecule has 0 aromatic carbocycles. The fraction of sp³-hybridized carbons (Fsp3) is 0.900. The summed E-state index contributed by atoms with van der Waals surface area (Å²) in [4.78, 5) is 11.5. The zero-order valence-electron chi connectivity index (χ0n) is 7.46. The van der Waals surface area contributed by atoms with Crippen LogP contribution in [0.15, 0.2) is 0 Å². The van der Waals surface area contributed by atoms with E-state index in [9.17, 15) is 4.79 Å². The van der Waals surface area contributed by atoms with Crippen LogP contribution in [0, 0.1) is 5.92 Å². The second-order valence-corrected chi connectivity index (χ2v) is 4.03. The third-order valence-corrected chi connectivity index (χ3v) is 2.81. The van der Waals surface area contributed by atoms with Crippen LogP contribution in [0.4, 0.5) is 0 Å². The van der Waals surface area contributed by atoms with E-state index in [1.807, 2.05) is 0 Å². The molecule has 2 saturated carbocycles. The first-order chi connectivity index (χ1) is 5.86. The highest BCUT2D eigenvalue weighted by atomic mass is 16.2. The lowest BCUT2D eigenvalue weighted by molar-refractivity contribution is -0.126. The molecule has 0 N–H and O–H groups in total. The molecule has 2 fully saturated rings. The topological polar surface area (TPSA) is 31.2 Å². The third kappa shape index (κ3) is 1.99. The van der Waals surface area contributed by atoms with Gasteiger partial charge in [0.05, 0.1) is 6.04 Å². The van der Waals surface area contributed by atoms with Crippen molar-refractivity contribution in [3.8, 4) is 0 Å². The summed E-state index contributed by atoms with van der Waals surface area (Å²) in [5.74, 6) is 0.497. The van der Waals surface area contributed by atoms with Crippen molar-refractivity contribution in [2.75, 3.05) is 0 Å². The van der Waals surface area contributed by atoms with Gasteiger partial charge in [0.15, 0.2) is 0 Å². The van der Waals surface area contributed by atoms with Gasteiger partial charge in [0.25, 0.3) is 0 Å². The molecule has 0 aromatic rings. The summed E-state index contributed by atoms with van der Waals surface area (Å²) in [5.41, 5.74) is 0. The zero-order chi connectivity index (χ0) is 8.39. The Labute approximate surface area is 73.7 Å². The average Bonchev–Trinajstić information content (AvgIpc) is 2.90. The molecule has 0 bridgehead atoms. The molecule has 2 nitrogen and oxygen atoms in total. The van der Waals surface area contributed by atoms with Gasteiger partial charge in [0.1, 0.15) is 0 Å². The highest BCUT2D eigenvalue weighted by molar-refractivity contribution is 5.78. The minimum absolute atomic E-state index is 0.206. The molecule has 0 spiro atoms. The van der Waals surface area contributed by atoms with E-state index in [0.29, 0.717) is 12.0 Å². The normalized spacial score (nSPS) is 25.3. The summed E-state index contributed by atoms with van der Waals surface area (Å²) in [7, 11) is 0. The first-order valence-corrected chi connectivity index (χ1v) is 5.11. The van der Waals surface area contributed by atoms with Crippen molar-refractivity contribution in [3.63, 3.8) is 0 Å². The molecule has 0 aliphatic heterocycles. The Morgan fingerprint density at radius 3 is 2.25 bits per heavy atom. The van der Waals surface area contributed by atoms with Gasteiger partial charge in [-0.2, -0.15) is 0 Å². The van der Waals surface area contributed by atoms with E-state index >= 15 is 0 Å². The number of hydrogen-bond acceptors (Lipinski definition) is 1. The summed E-state index contributed by atoms with van der Waals surface area (Å²) in [6, 6.07) is 0.416. The van der Waals surface area contributed by atoms with Crippen LogP contribution in [0.3, 0.4) is 0 Å². The highest BCUT2D eigenvalue weighted by Gasteiger charge is 2.29. The Kier molecular flexibility index (Phi) is 2.33. The van der Waals surface area contributed by atoms with Crippen molar-refractivity contribution in [3.05, 3.63) is 0 Å². The summed E-state index contributed by atoms with van der Waals surface area (Å²) in [6.07, 6.45) is 8.27. The van der Waals surface area contributed by atoms with Gasteiger partial charge >= 0.3 is 0 Å². The number of amides is 1. The first kappa shape index (κ1) is 8.09. The molecular weight excluding hydrogens is 150 g/mol. The molecule has 2 heteroatoms. The summed E-state index contributed by atoms with van der Waals surface area (Å²) < 4.78 is 0. The first-order valence-electron chi connectivity index (χ1n) is 5.11. The Morgan fingerprint density at radius 1 is 1.00 bits per heavy atom. The van der Waals surface area contributed by atoms with E-state index in [-0.39, 0.29) is 5.91 Å². The van der Waals surface area contributed by atoms with Crippen LogP contribution >= 0.6 is 0 Å². The van der Waals surface area contributed by atoms with Crippen molar-refractivity contribution in [1.82, 2.24) is 5.32 Å². The lowest BCUT2D eigenvalue weighted by Gasteiger charge is -2.19. The standard InChI is InChI=1S/C10H16NO/c12-10(11-9-6-7-9)8-4-2-1-3-5-8/h8-9H,1-7H2. The van der Waals surface area contributed by atoms with Gasteiger partial charge in [0, 0.05) is 5.92 Å². The van der Waals surface area contributed by atoms with Gasteiger partial charge in [-0.25, -0.2) is 5.32 Å². The smallest absolute Gasteiger partial charge is 0.244 e. The number of hydrogen-bond donors (Lipinski definition) is 0. The average molecular weight is 166 g/mol. The Morgan fingerprint density at radius 2 is 1.67 bits per heavy atom. The molecule has 2 aliphatic rings. The van der Waals surface area contributed by atoms with Crippen molar-refractivity contribution in [2.45, 2.75) is 51.0 Å². The Bertz CT molecular complexity index is 169. The van der Waals surface area contributed by atoms with Crippen LogP contribution in [-0.4, -0.2) is 11.9 Å². The summed E-state index contributed by atoms with van der Waals surface area (Å²) >= 11 is 0. The fourth-order valence-corrected chi connectivity index (χ4v) is 1.84. The number of carbonyl (C=O) groups excluding carboxylic acids is 1. The molecule has 1 amide bonds. The maximum atomic E-state index is 11.5. The van der Waals surface area contributed by atoms with Crippen LogP contribution in [0.1, 0.15) is 44.9 Å². The minimum atomic E-state index is 0.206. The van der Waals surface area contributed by atoms with Crippen LogP contribution in [0.5, 0.6) is 0 Å². The highest BCUT2D eigenvalue weighted by Crippen LogP contribution is 2.26. The number of nitrogens with zero attached hydrogens (tertiary/aromatic N) is 1. The third-order valence-electron chi connectivity index (χ3n) is 2.81. The van der Waals surface area contributed by atoms with Crippen LogP contribution in [0.2, 0.25) is 0 Å². The van der Waals surface area contributed by atoms with Crippen molar-refractivity contribution in [2.24, 2.45) is 5.92 Å². The Hall–Kier alpha value is -0.530. The largest absolute Gasteiger partial charge is 0.273 e. The minimum Gasteiger partial charge on any atom is -0.273 e. The van der Waals surface area contributed by atoms with Crippen LogP contribution < -0.4 is 5.32 Å². The number of rotatable bonds is 2. The monoisotopic (exact) mass is 166 g/mol. The molecule has 0 atom stereocenters. The van der Waals surface area contributed by atoms with E-state index in [1.165, 1.54) is 19.3 Å². The lowest BCUT2D eigenvalue weighted by atomic mass is 9.89. The van der Waals surface area contributed by atoms with E-state index < -0.39 is 0 Å². The van der Waals surface area contributed by atoms with Gasteiger partial charge < -0.3 is 0 Å². The molecule has 1 radical (unpaired) electrons. The van der Waals surface area contributed by atoms with Gasteiger partial charge in [-0.3, -0.25) is 4.79 Å². The molecule has 0 aromatic heterocycles. The molecule has 0 unspecified atom stereocenters. The second-order valence-electron chi connectivity index (χ2n) is 4.03. The fourth-order valence-electron chi connectivity index (χ4n) is 1.84. The van der Waals surface area contributed by atoms with Crippen molar-refractivity contribution in [1.29, 1.82) is 0 Å². The SMILES string of the molecule is O=C([N]C1CC1)C1CCCCC1. The van der Waals surface area contributed by atoms with E-state index in [0.717, 1.165) is 25.7 Å². The van der Waals surface area contributed by atoms with E-state index in [1.54, 1.807) is 0 Å². The molecule has 2 rings (SSSR count). The molecule has 0 saturated heterocycles. The van der Waals surface area contributed by atoms with Crippen LogP contribution in [0.25, 0.3) is 0 Å². The summed E-state index contributed by atoms with van der Waals surface area (Å²) in [5, 5.41) is 4.17. The molecule has 12 heavy (non-hydrogen) atoms. The van der Waals surface area contributed by atoms with Gasteiger partial charge in [-0.1, -0.05) is 19.3 Å². The summed E-state index contributed by atoms with van der Waals surface area (Å²) in [6.45, 7) is 0. The van der Waals surface area contributed by atoms with Gasteiger partial charge in [0.2, 0.25) is 5.91 Å². The molecular formula is C10H16NO. The van der Waals surface area contributed by atoms with E-state index in [4.69, 9.17) is 0 Å². The molecule has 2 aliphatic carbocycles. The Balaban J connectivity index is 1.76. The second kappa shape index (κ2) is 3.46. The van der Waals surface area contributed by atoms with Gasteiger partial charge in [-0.05, 0) is 25.7 Å². The van der Waals surface area contributed by atoms with Gasteiger partial charge in [-0.15, -0.1) is 0 Å². The number of carbonyl (C=O) groups is 1. The molecule has 0 heterocycles. The predicted octanol–water partition coefficient (Wildman–Crippen LogP) is 1.86. The molecule has 67 valence electrons. The maximum absolute atomic E-state index is 11.5. The maximum Gasteiger partial charge on any atom is 0.244 e. The van der Waals surface area contributed by atoms with E-state index in [2.05, 4.69) is 5.32 Å². The van der Waals surface area contributed by atoms with Crippen molar-refractivity contribution < 1.29 is 4.79 Å². The van der Waals surface area contributed by atoms with Crippen LogP contribution in [-0.2, 0) is 4.79 Å². The zero-order valence-corrected chi connectivity index (χ0v) is 7.46.